The van der Waals surface area contributed by atoms with Crippen molar-refractivity contribution in [1.82, 2.24) is 5.32 Å². The molecule has 8 heteroatoms. The fourth-order valence-electron chi connectivity index (χ4n) is 2.90. The van der Waals surface area contributed by atoms with Gasteiger partial charge in [-0.3, -0.25) is 9.59 Å². The van der Waals surface area contributed by atoms with Crippen LogP contribution in [-0.2, 0) is 20.9 Å². The molecule has 0 aromatic heterocycles. The van der Waals surface area contributed by atoms with E-state index < -0.39 is 0 Å². The number of esters is 1. The highest BCUT2D eigenvalue weighted by molar-refractivity contribution is 8.14. The molecule has 0 saturated carbocycles. The zero-order valence-electron chi connectivity index (χ0n) is 17.5. The van der Waals surface area contributed by atoms with E-state index in [0.717, 1.165) is 22.7 Å². The number of benzene rings is 2. The summed E-state index contributed by atoms with van der Waals surface area (Å²) in [6, 6.07) is 15.1. The number of ether oxygens (including phenoxy) is 2. The number of carbonyl (C=O) groups excluding carboxylic acids is 2. The van der Waals surface area contributed by atoms with Crippen molar-refractivity contribution in [3.8, 4) is 5.75 Å². The van der Waals surface area contributed by atoms with Gasteiger partial charge in [0.05, 0.1) is 42.3 Å². The summed E-state index contributed by atoms with van der Waals surface area (Å²) < 4.78 is 10.3. The van der Waals surface area contributed by atoms with Crippen LogP contribution in [0.15, 0.2) is 65.3 Å². The Morgan fingerprint density at radius 1 is 1.16 bits per heavy atom. The van der Waals surface area contributed by atoms with Crippen LogP contribution in [0.2, 0.25) is 0 Å². The van der Waals surface area contributed by atoms with E-state index in [1.807, 2.05) is 48.5 Å². The van der Waals surface area contributed by atoms with Gasteiger partial charge in [-0.15, -0.1) is 0 Å². The molecule has 0 fully saturated rings. The fourth-order valence-corrected chi connectivity index (χ4v) is 3.67. The Labute approximate surface area is 185 Å². The summed E-state index contributed by atoms with van der Waals surface area (Å²) in [5.41, 5.74) is 3.18. The van der Waals surface area contributed by atoms with E-state index in [4.69, 9.17) is 9.47 Å². The quantitative estimate of drug-likeness (QED) is 0.604. The first-order valence-electron chi connectivity index (χ1n) is 9.90. The maximum Gasteiger partial charge on any atom is 0.311 e. The first-order valence-corrected chi connectivity index (χ1v) is 10.9. The summed E-state index contributed by atoms with van der Waals surface area (Å²) in [5, 5.41) is 6.79. The van der Waals surface area contributed by atoms with Crippen molar-refractivity contribution in [2.24, 2.45) is 4.99 Å². The largest absolute Gasteiger partial charge is 0.497 e. The first kappa shape index (κ1) is 22.4. The molecule has 0 atom stereocenters. The van der Waals surface area contributed by atoms with Gasteiger partial charge in [0.25, 0.3) is 0 Å². The van der Waals surface area contributed by atoms with E-state index in [-0.39, 0.29) is 24.1 Å². The number of fused-ring (bicyclic) bond motifs is 1. The molecular weight excluding hydrogens is 414 g/mol. The molecule has 2 aromatic rings. The van der Waals surface area contributed by atoms with Crippen LogP contribution in [0.1, 0.15) is 18.9 Å². The third-order valence-electron chi connectivity index (χ3n) is 4.34. The van der Waals surface area contributed by atoms with Crippen LogP contribution < -0.4 is 15.4 Å². The Kier molecular flexibility index (Phi) is 8.12. The van der Waals surface area contributed by atoms with E-state index in [9.17, 15) is 9.59 Å². The second-order valence-corrected chi connectivity index (χ2v) is 7.66. The van der Waals surface area contributed by atoms with E-state index >= 15 is 0 Å². The molecule has 1 aliphatic rings. The second-order valence-electron chi connectivity index (χ2n) is 6.66. The van der Waals surface area contributed by atoms with Gasteiger partial charge < -0.3 is 20.1 Å². The number of amides is 1. The van der Waals surface area contributed by atoms with Crippen LogP contribution >= 0.6 is 11.8 Å². The molecule has 0 unspecified atom stereocenters. The molecule has 31 heavy (non-hydrogen) atoms. The van der Waals surface area contributed by atoms with Gasteiger partial charge in [-0.25, -0.2) is 4.99 Å². The molecule has 2 aromatic carbocycles. The summed E-state index contributed by atoms with van der Waals surface area (Å²) in [4.78, 5) is 29.0. The van der Waals surface area contributed by atoms with Gasteiger partial charge >= 0.3 is 5.97 Å². The minimum Gasteiger partial charge on any atom is -0.497 e. The number of carbonyl (C=O) groups is 2. The van der Waals surface area contributed by atoms with E-state index in [2.05, 4.69) is 15.6 Å². The number of nitrogens with zero attached hydrogens (tertiary/aromatic N) is 1. The molecule has 1 amide bonds. The van der Waals surface area contributed by atoms with Crippen molar-refractivity contribution >= 4 is 40.1 Å². The Bertz CT molecular complexity index is 1000. The summed E-state index contributed by atoms with van der Waals surface area (Å²) in [6.45, 7) is 2.51. The maximum atomic E-state index is 12.4. The number of aliphatic imine (C=N–C) groups is 1. The van der Waals surface area contributed by atoms with Crippen LogP contribution in [0.4, 0.5) is 11.4 Å². The number of rotatable bonds is 8. The van der Waals surface area contributed by atoms with Crippen molar-refractivity contribution in [1.29, 1.82) is 0 Å². The Morgan fingerprint density at radius 3 is 2.81 bits per heavy atom. The number of anilines is 1. The minimum absolute atomic E-state index is 0.101. The summed E-state index contributed by atoms with van der Waals surface area (Å²) in [5.74, 6) is 0.524. The Morgan fingerprint density at radius 2 is 2.00 bits per heavy atom. The maximum absolute atomic E-state index is 12.4. The van der Waals surface area contributed by atoms with Crippen molar-refractivity contribution in [2.45, 2.75) is 19.9 Å². The molecule has 162 valence electrons. The second kappa shape index (κ2) is 11.2. The molecule has 0 spiro atoms. The van der Waals surface area contributed by atoms with Gasteiger partial charge in [0, 0.05) is 12.2 Å². The van der Waals surface area contributed by atoms with E-state index in [0.29, 0.717) is 23.9 Å². The van der Waals surface area contributed by atoms with Crippen molar-refractivity contribution in [2.75, 3.05) is 24.8 Å². The summed E-state index contributed by atoms with van der Waals surface area (Å²) in [6.07, 6.45) is 1.89. The zero-order chi connectivity index (χ0) is 22.1. The highest BCUT2D eigenvalue weighted by atomic mass is 32.2. The third kappa shape index (κ3) is 6.89. The SMILES string of the molecule is CCOC(=O)CC1=CC(SCC(=O)NCc2cccc(OC)c2)=Nc2ccccc2N1. The lowest BCUT2D eigenvalue weighted by Gasteiger charge is -2.10. The number of thioether (sulfide) groups is 1. The topological polar surface area (TPSA) is 89.0 Å². The Hall–Kier alpha value is -3.26. The molecule has 0 radical (unpaired) electrons. The monoisotopic (exact) mass is 439 g/mol. The molecule has 0 bridgehead atoms. The molecule has 0 saturated heterocycles. The van der Waals surface area contributed by atoms with Crippen molar-refractivity contribution < 1.29 is 19.1 Å². The highest BCUT2D eigenvalue weighted by Crippen LogP contribution is 2.31. The van der Waals surface area contributed by atoms with Gasteiger partial charge in [-0.05, 0) is 42.8 Å². The van der Waals surface area contributed by atoms with Crippen molar-refractivity contribution in [3.05, 3.63) is 65.9 Å². The average Bonchev–Trinajstić information content (AvgIpc) is 2.95. The number of hydrogen-bond donors (Lipinski definition) is 2. The van der Waals surface area contributed by atoms with E-state index in [1.165, 1.54) is 11.8 Å². The number of methoxy groups -OCH3 is 1. The number of nitrogens with one attached hydrogen (secondary N) is 2. The van der Waals surface area contributed by atoms with Crippen LogP contribution in [0.25, 0.3) is 0 Å². The van der Waals surface area contributed by atoms with Crippen LogP contribution in [0.5, 0.6) is 5.75 Å². The van der Waals surface area contributed by atoms with Gasteiger partial charge in [-0.2, -0.15) is 0 Å². The lowest BCUT2D eigenvalue weighted by molar-refractivity contribution is -0.142. The van der Waals surface area contributed by atoms with Crippen molar-refractivity contribution in [3.63, 3.8) is 0 Å². The van der Waals surface area contributed by atoms with Crippen LogP contribution in [-0.4, -0.2) is 36.4 Å². The van der Waals surface area contributed by atoms with Crippen LogP contribution in [0.3, 0.4) is 0 Å². The summed E-state index contributed by atoms with van der Waals surface area (Å²) in [7, 11) is 1.61. The fraction of sp³-hybridized carbons (Fsp3) is 0.261. The standard InChI is InChI=1S/C23H25N3O4S/c1-3-30-23(28)13-17-12-22(26-20-10-5-4-9-19(20)25-17)31-15-21(27)24-14-16-7-6-8-18(11-16)29-2/h4-12,25H,3,13-15H2,1-2H3,(H,24,27). The third-order valence-corrected chi connectivity index (χ3v) is 5.25. The zero-order valence-corrected chi connectivity index (χ0v) is 18.3. The molecular formula is C23H25N3O4S. The molecule has 1 aliphatic heterocycles. The van der Waals surface area contributed by atoms with Gasteiger partial charge in [-0.1, -0.05) is 36.0 Å². The van der Waals surface area contributed by atoms with Gasteiger partial charge in [0.2, 0.25) is 5.91 Å². The summed E-state index contributed by atoms with van der Waals surface area (Å²) >= 11 is 1.31. The predicted molar refractivity (Wildman–Crippen MR) is 124 cm³/mol. The lowest BCUT2D eigenvalue weighted by atomic mass is 10.2. The molecule has 7 nitrogen and oxygen atoms in total. The Balaban J connectivity index is 1.63. The molecule has 2 N–H and O–H groups in total. The highest BCUT2D eigenvalue weighted by Gasteiger charge is 2.15. The van der Waals surface area contributed by atoms with Gasteiger partial charge in [0.1, 0.15) is 5.75 Å². The minimum atomic E-state index is -0.319. The molecule has 1 heterocycles. The predicted octanol–water partition coefficient (Wildman–Crippen LogP) is 4.04. The average molecular weight is 440 g/mol. The normalized spacial score (nSPS) is 12.5. The smallest absolute Gasteiger partial charge is 0.311 e. The van der Waals surface area contributed by atoms with E-state index in [1.54, 1.807) is 20.1 Å². The molecule has 0 aliphatic carbocycles. The number of para-hydroxylation sites is 2. The number of hydrogen-bond acceptors (Lipinski definition) is 7. The lowest BCUT2D eigenvalue weighted by Crippen LogP contribution is -2.25. The molecule has 3 rings (SSSR count). The first-order chi connectivity index (χ1) is 15.1. The van der Waals surface area contributed by atoms with Gasteiger partial charge in [0.15, 0.2) is 0 Å². The van der Waals surface area contributed by atoms with Crippen LogP contribution in [0, 0.1) is 0 Å².